The Hall–Kier alpha value is -1.96. The highest BCUT2D eigenvalue weighted by molar-refractivity contribution is 5.59. The lowest BCUT2D eigenvalue weighted by atomic mass is 10.0. The van der Waals surface area contributed by atoms with E-state index in [1.807, 2.05) is 6.07 Å². The molecule has 1 fully saturated rings. The molecule has 104 valence electrons. The quantitative estimate of drug-likeness (QED) is 0.857. The van der Waals surface area contributed by atoms with Crippen LogP contribution in [0.5, 0.6) is 5.75 Å². The highest BCUT2D eigenvalue weighted by atomic mass is 16.5. The minimum absolute atomic E-state index is 0.381. The number of ether oxygens (including phenoxy) is 1. The zero-order chi connectivity index (χ0) is 13.9. The first-order valence-electron chi connectivity index (χ1n) is 7.24. The number of nitrogens with one attached hydrogen (secondary N) is 1. The van der Waals surface area contributed by atoms with E-state index in [9.17, 15) is 0 Å². The van der Waals surface area contributed by atoms with Gasteiger partial charge in [0.2, 0.25) is 0 Å². The van der Waals surface area contributed by atoms with Gasteiger partial charge in [0.15, 0.2) is 0 Å². The summed E-state index contributed by atoms with van der Waals surface area (Å²) >= 11 is 0. The van der Waals surface area contributed by atoms with Gasteiger partial charge in [-0.05, 0) is 48.9 Å². The number of rotatable bonds is 5. The van der Waals surface area contributed by atoms with Crippen LogP contribution in [-0.4, -0.2) is 7.11 Å². The van der Waals surface area contributed by atoms with Gasteiger partial charge in [0.1, 0.15) is 5.75 Å². The molecule has 3 rings (SSSR count). The number of hydrogen-bond donors (Lipinski definition) is 1. The summed E-state index contributed by atoms with van der Waals surface area (Å²) < 4.78 is 5.47. The summed E-state index contributed by atoms with van der Waals surface area (Å²) in [7, 11) is 1.73. The van der Waals surface area contributed by atoms with Crippen molar-refractivity contribution in [2.45, 2.75) is 25.8 Å². The van der Waals surface area contributed by atoms with Crippen LogP contribution in [0, 0.1) is 12.8 Å². The van der Waals surface area contributed by atoms with Crippen LogP contribution >= 0.6 is 0 Å². The Labute approximate surface area is 120 Å². The topological polar surface area (TPSA) is 21.3 Å². The van der Waals surface area contributed by atoms with Crippen molar-refractivity contribution in [1.82, 2.24) is 0 Å². The fourth-order valence-electron chi connectivity index (χ4n) is 2.67. The molecule has 2 heteroatoms. The molecule has 1 unspecified atom stereocenters. The van der Waals surface area contributed by atoms with Crippen LogP contribution in [0.3, 0.4) is 0 Å². The molecular weight excluding hydrogens is 246 g/mol. The zero-order valence-corrected chi connectivity index (χ0v) is 12.1. The summed E-state index contributed by atoms with van der Waals surface area (Å²) in [5, 5.41) is 3.69. The SMILES string of the molecule is COc1ccc(C)cc1NC(c1ccccc1)C1CC1. The molecule has 2 nitrogen and oxygen atoms in total. The fraction of sp³-hybridized carbons (Fsp3) is 0.333. The number of benzene rings is 2. The lowest BCUT2D eigenvalue weighted by Gasteiger charge is -2.22. The summed E-state index contributed by atoms with van der Waals surface area (Å²) in [6, 6.07) is 17.4. The first kappa shape index (κ1) is 13.0. The van der Waals surface area contributed by atoms with Gasteiger partial charge in [0.25, 0.3) is 0 Å². The predicted molar refractivity (Wildman–Crippen MR) is 83.3 cm³/mol. The lowest BCUT2D eigenvalue weighted by Crippen LogP contribution is -2.13. The van der Waals surface area contributed by atoms with Crippen molar-refractivity contribution in [2.24, 2.45) is 5.92 Å². The monoisotopic (exact) mass is 267 g/mol. The molecule has 1 aliphatic carbocycles. The molecule has 2 aromatic rings. The second-order valence-corrected chi connectivity index (χ2v) is 5.57. The summed E-state index contributed by atoms with van der Waals surface area (Å²) in [5.74, 6) is 1.65. The molecule has 2 aromatic carbocycles. The van der Waals surface area contributed by atoms with Gasteiger partial charge in [-0.15, -0.1) is 0 Å². The first-order chi connectivity index (χ1) is 9.78. The maximum absolute atomic E-state index is 5.47. The van der Waals surface area contributed by atoms with Crippen molar-refractivity contribution in [3.8, 4) is 5.75 Å². The normalized spacial score (nSPS) is 15.7. The van der Waals surface area contributed by atoms with E-state index in [-0.39, 0.29) is 0 Å². The van der Waals surface area contributed by atoms with Gasteiger partial charge < -0.3 is 10.1 Å². The van der Waals surface area contributed by atoms with Crippen LogP contribution in [-0.2, 0) is 0 Å². The van der Waals surface area contributed by atoms with E-state index in [4.69, 9.17) is 4.74 Å². The molecule has 0 saturated heterocycles. The molecule has 0 radical (unpaired) electrons. The Kier molecular flexibility index (Phi) is 3.64. The van der Waals surface area contributed by atoms with Gasteiger partial charge in [-0.25, -0.2) is 0 Å². The molecule has 0 aromatic heterocycles. The van der Waals surface area contributed by atoms with E-state index in [0.717, 1.165) is 17.4 Å². The maximum Gasteiger partial charge on any atom is 0.141 e. The average Bonchev–Trinajstić information content (AvgIpc) is 3.30. The first-order valence-corrected chi connectivity index (χ1v) is 7.24. The van der Waals surface area contributed by atoms with E-state index in [1.54, 1.807) is 7.11 Å². The molecule has 20 heavy (non-hydrogen) atoms. The van der Waals surface area contributed by atoms with E-state index in [2.05, 4.69) is 54.7 Å². The van der Waals surface area contributed by atoms with Crippen LogP contribution in [0.15, 0.2) is 48.5 Å². The number of methoxy groups -OCH3 is 1. The molecule has 1 saturated carbocycles. The Bertz CT molecular complexity index is 575. The van der Waals surface area contributed by atoms with Gasteiger partial charge >= 0.3 is 0 Å². The summed E-state index contributed by atoms with van der Waals surface area (Å²) in [5.41, 5.74) is 3.70. The van der Waals surface area contributed by atoms with Gasteiger partial charge in [-0.1, -0.05) is 36.4 Å². The summed E-state index contributed by atoms with van der Waals surface area (Å²) in [6.45, 7) is 2.11. The second kappa shape index (κ2) is 5.58. The van der Waals surface area contributed by atoms with E-state index < -0.39 is 0 Å². The van der Waals surface area contributed by atoms with Crippen molar-refractivity contribution < 1.29 is 4.74 Å². The fourth-order valence-corrected chi connectivity index (χ4v) is 2.67. The average molecular weight is 267 g/mol. The summed E-state index contributed by atoms with van der Waals surface area (Å²) in [4.78, 5) is 0. The molecule has 1 N–H and O–H groups in total. The molecule has 0 spiro atoms. The Morgan fingerprint density at radius 2 is 1.85 bits per heavy atom. The Morgan fingerprint density at radius 1 is 1.10 bits per heavy atom. The highest BCUT2D eigenvalue weighted by Gasteiger charge is 2.32. The van der Waals surface area contributed by atoms with Crippen molar-refractivity contribution >= 4 is 5.69 Å². The van der Waals surface area contributed by atoms with Crippen LogP contribution in [0.25, 0.3) is 0 Å². The third-order valence-electron chi connectivity index (χ3n) is 3.92. The number of hydrogen-bond acceptors (Lipinski definition) is 2. The molecule has 0 amide bonds. The molecule has 0 heterocycles. The second-order valence-electron chi connectivity index (χ2n) is 5.57. The Morgan fingerprint density at radius 3 is 2.50 bits per heavy atom. The third-order valence-corrected chi connectivity index (χ3v) is 3.92. The maximum atomic E-state index is 5.47. The van der Waals surface area contributed by atoms with Gasteiger partial charge in [-0.2, -0.15) is 0 Å². The minimum Gasteiger partial charge on any atom is -0.495 e. The number of anilines is 1. The number of aryl methyl sites for hydroxylation is 1. The van der Waals surface area contributed by atoms with Crippen molar-refractivity contribution in [2.75, 3.05) is 12.4 Å². The Balaban J connectivity index is 1.89. The van der Waals surface area contributed by atoms with Gasteiger partial charge in [-0.3, -0.25) is 0 Å². The molecular formula is C18H21NO. The zero-order valence-electron chi connectivity index (χ0n) is 12.1. The smallest absolute Gasteiger partial charge is 0.141 e. The van der Waals surface area contributed by atoms with Crippen molar-refractivity contribution in [3.05, 3.63) is 59.7 Å². The molecule has 0 bridgehead atoms. The molecule has 0 aliphatic heterocycles. The summed E-state index contributed by atoms with van der Waals surface area (Å²) in [6.07, 6.45) is 2.61. The van der Waals surface area contributed by atoms with Crippen molar-refractivity contribution in [3.63, 3.8) is 0 Å². The van der Waals surface area contributed by atoms with Crippen LogP contribution in [0.2, 0.25) is 0 Å². The van der Waals surface area contributed by atoms with E-state index >= 15 is 0 Å². The van der Waals surface area contributed by atoms with E-state index in [0.29, 0.717) is 6.04 Å². The lowest BCUT2D eigenvalue weighted by molar-refractivity contribution is 0.415. The van der Waals surface area contributed by atoms with Gasteiger partial charge in [0, 0.05) is 0 Å². The van der Waals surface area contributed by atoms with Crippen molar-refractivity contribution in [1.29, 1.82) is 0 Å². The van der Waals surface area contributed by atoms with Crippen LogP contribution in [0.1, 0.15) is 30.0 Å². The largest absolute Gasteiger partial charge is 0.495 e. The standard InChI is InChI=1S/C18H21NO/c1-13-8-11-17(20-2)16(12-13)19-18(15-9-10-15)14-6-4-3-5-7-14/h3-8,11-12,15,18-19H,9-10H2,1-2H3. The molecule has 1 aliphatic rings. The van der Waals surface area contributed by atoms with Gasteiger partial charge in [0.05, 0.1) is 18.8 Å². The van der Waals surface area contributed by atoms with E-state index in [1.165, 1.54) is 24.0 Å². The molecule has 1 atom stereocenters. The van der Waals surface area contributed by atoms with Crippen LogP contribution in [0.4, 0.5) is 5.69 Å². The minimum atomic E-state index is 0.381. The highest BCUT2D eigenvalue weighted by Crippen LogP contribution is 2.44. The third kappa shape index (κ3) is 2.79. The predicted octanol–water partition coefficient (Wildman–Crippen LogP) is 4.57. The van der Waals surface area contributed by atoms with Crippen LogP contribution < -0.4 is 10.1 Å².